The van der Waals surface area contributed by atoms with Gasteiger partial charge in [-0.3, -0.25) is 14.5 Å². The normalized spacial score (nSPS) is 20.7. The number of fused-ring (bicyclic) bond motifs is 2. The lowest BCUT2D eigenvalue weighted by atomic mass is 9.94. The summed E-state index contributed by atoms with van der Waals surface area (Å²) < 4.78 is 33.7. The van der Waals surface area contributed by atoms with Crippen LogP contribution in [0.5, 0.6) is 5.75 Å². The molecule has 0 bridgehead atoms. The average Bonchev–Trinajstić information content (AvgIpc) is 3.51. The number of hydrogen-bond donors (Lipinski definition) is 1. The van der Waals surface area contributed by atoms with E-state index in [4.69, 9.17) is 4.74 Å². The molecule has 2 aliphatic heterocycles. The number of thiazole rings is 1. The molecule has 1 fully saturated rings. The first-order valence-corrected chi connectivity index (χ1v) is 12.0. The monoisotopic (exact) mass is 504 g/mol. The number of hydrogen-bond acceptors (Lipinski definition) is 6. The topological polar surface area (TPSA) is 79.7 Å². The van der Waals surface area contributed by atoms with Gasteiger partial charge in [0, 0.05) is 12.0 Å². The summed E-state index contributed by atoms with van der Waals surface area (Å²) >= 11 is 1.05. The predicted molar refractivity (Wildman–Crippen MR) is 131 cm³/mol. The third kappa shape index (κ3) is 3.54. The standard InChI is InChI=1S/C27H18F2N2O4S/c1-13-10-16-11-15(4-9-20(16)35-13)24(32)22-23(14-2-5-17(28)6-3-14)31(26(34)25(22)33)27-30-19-8-7-18(29)12-21(19)36-27/h2-9,11-13,23,32H,10H2,1H3. The lowest BCUT2D eigenvalue weighted by molar-refractivity contribution is -0.132. The molecule has 2 aliphatic rings. The van der Waals surface area contributed by atoms with Crippen LogP contribution in [0.2, 0.25) is 0 Å². The number of Topliss-reactive ketones (excluding diaryl/α,β-unsaturated/α-hetero) is 1. The lowest BCUT2D eigenvalue weighted by Gasteiger charge is -2.23. The summed E-state index contributed by atoms with van der Waals surface area (Å²) in [7, 11) is 0. The second-order valence-corrected chi connectivity index (χ2v) is 9.79. The molecule has 9 heteroatoms. The first kappa shape index (κ1) is 22.4. The van der Waals surface area contributed by atoms with Crippen LogP contribution in [0.1, 0.15) is 29.7 Å². The number of ether oxygens (including phenoxy) is 1. The maximum absolute atomic E-state index is 13.8. The highest BCUT2D eigenvalue weighted by molar-refractivity contribution is 7.22. The summed E-state index contributed by atoms with van der Waals surface area (Å²) in [6, 6.07) is 13.4. The van der Waals surface area contributed by atoms with Gasteiger partial charge in [0.25, 0.3) is 5.78 Å². The molecule has 1 saturated heterocycles. The molecule has 6 nitrogen and oxygen atoms in total. The van der Waals surface area contributed by atoms with Crippen molar-refractivity contribution < 1.29 is 28.2 Å². The number of nitrogens with zero attached hydrogens (tertiary/aromatic N) is 2. The highest BCUT2D eigenvalue weighted by Crippen LogP contribution is 2.45. The van der Waals surface area contributed by atoms with Crippen LogP contribution in [-0.4, -0.2) is 27.9 Å². The van der Waals surface area contributed by atoms with E-state index in [2.05, 4.69) is 4.98 Å². The van der Waals surface area contributed by atoms with Crippen LogP contribution in [0.4, 0.5) is 13.9 Å². The molecule has 1 aromatic heterocycles. The van der Waals surface area contributed by atoms with Gasteiger partial charge in [0.2, 0.25) is 0 Å². The van der Waals surface area contributed by atoms with E-state index in [-0.39, 0.29) is 22.6 Å². The van der Waals surface area contributed by atoms with Crippen LogP contribution in [0.15, 0.2) is 66.2 Å². The molecule has 6 rings (SSSR count). The Morgan fingerprint density at radius 2 is 1.81 bits per heavy atom. The maximum Gasteiger partial charge on any atom is 0.301 e. The molecular formula is C27H18F2N2O4S. The van der Waals surface area contributed by atoms with E-state index in [0.717, 1.165) is 16.9 Å². The van der Waals surface area contributed by atoms with Gasteiger partial charge in [0.15, 0.2) is 5.13 Å². The zero-order valence-electron chi connectivity index (χ0n) is 18.9. The SMILES string of the molecule is CC1Cc2cc(C(O)=C3C(=O)C(=O)N(c4nc5ccc(F)cc5s4)C3c3ccc(F)cc3)ccc2O1. The number of benzene rings is 3. The van der Waals surface area contributed by atoms with Crippen LogP contribution in [-0.2, 0) is 16.0 Å². The number of rotatable bonds is 3. The van der Waals surface area contributed by atoms with Gasteiger partial charge in [-0.1, -0.05) is 23.5 Å². The van der Waals surface area contributed by atoms with E-state index < -0.39 is 29.4 Å². The zero-order valence-corrected chi connectivity index (χ0v) is 19.7. The highest BCUT2D eigenvalue weighted by atomic mass is 32.1. The third-order valence-electron chi connectivity index (χ3n) is 6.34. The number of aliphatic hydroxyl groups is 1. The lowest BCUT2D eigenvalue weighted by Crippen LogP contribution is -2.29. The smallest absolute Gasteiger partial charge is 0.301 e. The van der Waals surface area contributed by atoms with Crippen molar-refractivity contribution in [2.45, 2.75) is 25.5 Å². The van der Waals surface area contributed by atoms with Crippen LogP contribution in [0.25, 0.3) is 16.0 Å². The number of carbonyl (C=O) groups is 2. The Labute approximate surface area is 208 Å². The Hall–Kier alpha value is -4.11. The number of anilines is 1. The number of ketones is 1. The van der Waals surface area contributed by atoms with Crippen molar-refractivity contribution in [2.24, 2.45) is 0 Å². The molecule has 0 aliphatic carbocycles. The summed E-state index contributed by atoms with van der Waals surface area (Å²) in [6.45, 7) is 1.93. The Kier molecular flexibility index (Phi) is 5.11. The van der Waals surface area contributed by atoms with Crippen LogP contribution in [0.3, 0.4) is 0 Å². The number of aromatic nitrogens is 1. The molecule has 1 amide bonds. The summed E-state index contributed by atoms with van der Waals surface area (Å²) in [5.74, 6) is -2.36. The Morgan fingerprint density at radius 1 is 1.06 bits per heavy atom. The minimum atomic E-state index is -1.06. The molecule has 3 heterocycles. The number of amides is 1. The number of aliphatic hydroxyl groups excluding tert-OH is 1. The van der Waals surface area contributed by atoms with Gasteiger partial charge >= 0.3 is 5.91 Å². The van der Waals surface area contributed by atoms with Crippen molar-refractivity contribution in [3.05, 3.63) is 94.6 Å². The molecule has 1 N–H and O–H groups in total. The number of carbonyl (C=O) groups excluding carboxylic acids is 2. The van der Waals surface area contributed by atoms with Gasteiger partial charge in [0.1, 0.15) is 29.2 Å². The maximum atomic E-state index is 13.8. The fraction of sp³-hybridized carbons (Fsp3) is 0.148. The van der Waals surface area contributed by atoms with Crippen molar-refractivity contribution in [3.8, 4) is 5.75 Å². The highest BCUT2D eigenvalue weighted by Gasteiger charge is 2.48. The van der Waals surface area contributed by atoms with E-state index in [9.17, 15) is 23.5 Å². The van der Waals surface area contributed by atoms with Gasteiger partial charge in [-0.15, -0.1) is 0 Å². The van der Waals surface area contributed by atoms with E-state index >= 15 is 0 Å². The van der Waals surface area contributed by atoms with Crippen molar-refractivity contribution >= 4 is 44.1 Å². The average molecular weight is 505 g/mol. The van der Waals surface area contributed by atoms with E-state index in [1.807, 2.05) is 6.92 Å². The molecule has 0 saturated carbocycles. The fourth-order valence-electron chi connectivity index (χ4n) is 4.70. The van der Waals surface area contributed by atoms with Crippen molar-refractivity contribution in [1.82, 2.24) is 4.98 Å². The van der Waals surface area contributed by atoms with Gasteiger partial charge in [-0.05, 0) is 66.6 Å². The summed E-state index contributed by atoms with van der Waals surface area (Å²) in [4.78, 5) is 32.3. The van der Waals surface area contributed by atoms with Gasteiger partial charge in [0.05, 0.1) is 21.8 Å². The zero-order chi connectivity index (χ0) is 25.1. The summed E-state index contributed by atoms with van der Waals surface area (Å²) in [5, 5.41) is 11.5. The fourth-order valence-corrected chi connectivity index (χ4v) is 5.72. The van der Waals surface area contributed by atoms with E-state index in [1.54, 1.807) is 18.2 Å². The minimum Gasteiger partial charge on any atom is -0.507 e. The summed E-state index contributed by atoms with van der Waals surface area (Å²) in [5.41, 5.74) is 1.99. The Morgan fingerprint density at radius 3 is 2.58 bits per heavy atom. The molecule has 2 atom stereocenters. The van der Waals surface area contributed by atoms with Crippen LogP contribution < -0.4 is 9.64 Å². The Balaban J connectivity index is 1.53. The van der Waals surface area contributed by atoms with E-state index in [0.29, 0.717) is 33.5 Å². The van der Waals surface area contributed by atoms with Crippen LogP contribution in [0, 0.1) is 11.6 Å². The third-order valence-corrected chi connectivity index (χ3v) is 7.36. The van der Waals surface area contributed by atoms with Crippen molar-refractivity contribution in [1.29, 1.82) is 0 Å². The van der Waals surface area contributed by atoms with Crippen molar-refractivity contribution in [2.75, 3.05) is 4.90 Å². The minimum absolute atomic E-state index is 0.00827. The van der Waals surface area contributed by atoms with E-state index in [1.165, 1.54) is 47.4 Å². The molecular weight excluding hydrogens is 486 g/mol. The Bertz CT molecular complexity index is 1600. The first-order valence-electron chi connectivity index (χ1n) is 11.2. The molecule has 0 spiro atoms. The molecule has 0 radical (unpaired) electrons. The van der Waals surface area contributed by atoms with Crippen LogP contribution >= 0.6 is 11.3 Å². The second kappa shape index (κ2) is 8.23. The molecule has 36 heavy (non-hydrogen) atoms. The molecule has 4 aromatic rings. The summed E-state index contributed by atoms with van der Waals surface area (Å²) in [6.07, 6.45) is 0.639. The van der Waals surface area contributed by atoms with Crippen molar-refractivity contribution in [3.63, 3.8) is 0 Å². The molecule has 3 aromatic carbocycles. The predicted octanol–water partition coefficient (Wildman–Crippen LogP) is 5.52. The van der Waals surface area contributed by atoms with Gasteiger partial charge in [-0.25, -0.2) is 13.8 Å². The number of halogens is 2. The molecule has 180 valence electrons. The quantitative estimate of drug-likeness (QED) is 0.226. The second-order valence-electron chi connectivity index (χ2n) is 8.78. The first-order chi connectivity index (χ1) is 17.3. The van der Waals surface area contributed by atoms with Gasteiger partial charge in [-0.2, -0.15) is 0 Å². The van der Waals surface area contributed by atoms with Gasteiger partial charge < -0.3 is 9.84 Å². The molecule has 2 unspecified atom stereocenters. The largest absolute Gasteiger partial charge is 0.507 e.